The lowest BCUT2D eigenvalue weighted by atomic mass is 10.1. The zero-order chi connectivity index (χ0) is 20.7. The van der Waals surface area contributed by atoms with Crippen LogP contribution in [0, 0.1) is 6.92 Å². The van der Waals surface area contributed by atoms with Crippen molar-refractivity contribution in [1.82, 2.24) is 0 Å². The molecule has 0 spiro atoms. The van der Waals surface area contributed by atoms with E-state index in [2.05, 4.69) is 38.6 Å². The van der Waals surface area contributed by atoms with Crippen molar-refractivity contribution in [3.63, 3.8) is 0 Å². The van der Waals surface area contributed by atoms with Crippen molar-refractivity contribution in [1.29, 1.82) is 0 Å². The second kappa shape index (κ2) is 14.7. The smallest absolute Gasteiger partial charge is 0.242 e. The number of benzene rings is 1. The molecule has 1 aromatic carbocycles. The number of rotatable bonds is 8. The monoisotopic (exact) mass is 373 g/mol. The zero-order valence-corrected chi connectivity index (χ0v) is 17.0. The van der Waals surface area contributed by atoms with Gasteiger partial charge in [-0.05, 0) is 50.0 Å². The largest absolute Gasteiger partial charge is 0.398 e. The minimum absolute atomic E-state index is 0.183. The van der Waals surface area contributed by atoms with E-state index in [0.717, 1.165) is 35.2 Å². The van der Waals surface area contributed by atoms with E-state index in [-0.39, 0.29) is 6.42 Å². The minimum atomic E-state index is -2.26. The molecule has 0 radical (unpaired) electrons. The summed E-state index contributed by atoms with van der Waals surface area (Å²) < 4.78 is 23.7. The Kier molecular flexibility index (Phi) is 13.4. The van der Waals surface area contributed by atoms with Crippen molar-refractivity contribution in [2.75, 3.05) is 5.73 Å². The standard InChI is InChI=1S/C13H18F2.C11H15N/c1-4-7-12(5-2)10-11(3)8-6-9-13(14)15;1-3-4-5-10-8-9(2)6-7-11(10)12/h4,6-8,10,13H,1,5,9H2,2-3H3;4-8H,3,12H2,1-2H3/b8-6-,11-10+,12-7-;5-4-. The van der Waals surface area contributed by atoms with E-state index in [1.54, 1.807) is 12.2 Å². The summed E-state index contributed by atoms with van der Waals surface area (Å²) in [4.78, 5) is 0. The quantitative estimate of drug-likeness (QED) is 0.367. The number of halogens is 2. The second-order valence-corrected chi connectivity index (χ2v) is 6.19. The minimum Gasteiger partial charge on any atom is -0.398 e. The molecule has 0 heterocycles. The van der Waals surface area contributed by atoms with Crippen LogP contribution in [0.4, 0.5) is 14.5 Å². The molecular weight excluding hydrogens is 340 g/mol. The van der Waals surface area contributed by atoms with Crippen LogP contribution in [0.2, 0.25) is 0 Å². The first kappa shape index (κ1) is 24.6. The molecule has 0 atom stereocenters. The van der Waals surface area contributed by atoms with Crippen molar-refractivity contribution in [2.45, 2.75) is 53.4 Å². The lowest BCUT2D eigenvalue weighted by Gasteiger charge is -2.00. The van der Waals surface area contributed by atoms with Crippen LogP contribution in [0.5, 0.6) is 0 Å². The van der Waals surface area contributed by atoms with Crippen LogP contribution in [0.25, 0.3) is 6.08 Å². The molecule has 27 heavy (non-hydrogen) atoms. The second-order valence-electron chi connectivity index (χ2n) is 6.19. The van der Waals surface area contributed by atoms with Crippen molar-refractivity contribution in [2.24, 2.45) is 0 Å². The van der Waals surface area contributed by atoms with Gasteiger partial charge in [-0.3, -0.25) is 0 Å². The van der Waals surface area contributed by atoms with Crippen molar-refractivity contribution in [3.05, 3.63) is 83.5 Å². The molecule has 0 aromatic heterocycles. The van der Waals surface area contributed by atoms with Gasteiger partial charge in [-0.1, -0.05) is 80.2 Å². The van der Waals surface area contributed by atoms with E-state index in [1.807, 2.05) is 38.1 Å². The fourth-order valence-corrected chi connectivity index (χ4v) is 2.20. The van der Waals surface area contributed by atoms with Gasteiger partial charge in [0.05, 0.1) is 0 Å². The highest BCUT2D eigenvalue weighted by atomic mass is 19.3. The Balaban J connectivity index is 0.000000511. The Morgan fingerprint density at radius 1 is 1.22 bits per heavy atom. The Bertz CT molecular complexity index is 680. The summed E-state index contributed by atoms with van der Waals surface area (Å²) in [5.41, 5.74) is 11.1. The number of aryl methyl sites for hydroxylation is 1. The average Bonchev–Trinajstić information content (AvgIpc) is 2.62. The number of hydrogen-bond donors (Lipinski definition) is 1. The first-order valence-electron chi connectivity index (χ1n) is 9.31. The van der Waals surface area contributed by atoms with E-state index in [1.165, 1.54) is 11.6 Å². The molecule has 0 aliphatic heterocycles. The number of allylic oxidation sites excluding steroid dienone is 8. The molecule has 3 heteroatoms. The van der Waals surface area contributed by atoms with Gasteiger partial charge in [-0.2, -0.15) is 0 Å². The van der Waals surface area contributed by atoms with Crippen LogP contribution in [-0.4, -0.2) is 6.43 Å². The first-order valence-corrected chi connectivity index (χ1v) is 9.31. The third kappa shape index (κ3) is 12.6. The predicted octanol–water partition coefficient (Wildman–Crippen LogP) is 7.67. The summed E-state index contributed by atoms with van der Waals surface area (Å²) in [6.45, 7) is 11.7. The van der Waals surface area contributed by atoms with E-state index in [9.17, 15) is 8.78 Å². The lowest BCUT2D eigenvalue weighted by Crippen LogP contribution is -1.89. The van der Waals surface area contributed by atoms with Crippen LogP contribution in [-0.2, 0) is 0 Å². The third-order valence-electron chi connectivity index (χ3n) is 3.62. The fraction of sp³-hybridized carbons (Fsp3) is 0.333. The maximum atomic E-state index is 11.8. The van der Waals surface area contributed by atoms with Crippen molar-refractivity contribution in [3.8, 4) is 0 Å². The van der Waals surface area contributed by atoms with Gasteiger partial charge in [0.2, 0.25) is 6.43 Å². The maximum Gasteiger partial charge on any atom is 0.242 e. The molecular formula is C24H33F2N. The molecule has 0 aliphatic rings. The van der Waals surface area contributed by atoms with E-state index in [0.29, 0.717) is 0 Å². The molecule has 0 unspecified atom stereocenters. The molecule has 1 nitrogen and oxygen atoms in total. The maximum absolute atomic E-state index is 11.8. The van der Waals surface area contributed by atoms with E-state index < -0.39 is 6.43 Å². The van der Waals surface area contributed by atoms with Gasteiger partial charge in [0.25, 0.3) is 0 Å². The predicted molar refractivity (Wildman–Crippen MR) is 117 cm³/mol. The summed E-state index contributed by atoms with van der Waals surface area (Å²) in [5.74, 6) is 0. The van der Waals surface area contributed by atoms with Gasteiger partial charge < -0.3 is 5.73 Å². The number of nitrogens with two attached hydrogens (primary N) is 1. The summed E-state index contributed by atoms with van der Waals surface area (Å²) in [6, 6.07) is 6.07. The Morgan fingerprint density at radius 3 is 2.48 bits per heavy atom. The SMILES string of the molecule is C=C\C=C(/C=C(C)/C=C\CC(F)F)CC.CC/C=C\c1cc(C)ccc1N. The molecule has 0 fully saturated rings. The fourth-order valence-electron chi connectivity index (χ4n) is 2.20. The van der Waals surface area contributed by atoms with E-state index >= 15 is 0 Å². The van der Waals surface area contributed by atoms with Crippen molar-refractivity contribution >= 4 is 11.8 Å². The molecule has 0 aliphatic carbocycles. The summed E-state index contributed by atoms with van der Waals surface area (Å²) >= 11 is 0. The number of nitrogen functional groups attached to an aromatic ring is 1. The van der Waals surface area contributed by atoms with Gasteiger partial charge >= 0.3 is 0 Å². The molecule has 2 N–H and O–H groups in total. The molecule has 0 saturated carbocycles. The summed E-state index contributed by atoms with van der Waals surface area (Å²) in [7, 11) is 0. The van der Waals surface area contributed by atoms with Crippen LogP contribution < -0.4 is 5.73 Å². The summed E-state index contributed by atoms with van der Waals surface area (Å²) in [5, 5.41) is 0. The Morgan fingerprint density at radius 2 is 1.93 bits per heavy atom. The highest BCUT2D eigenvalue weighted by molar-refractivity contribution is 5.65. The third-order valence-corrected chi connectivity index (χ3v) is 3.62. The number of hydrogen-bond acceptors (Lipinski definition) is 1. The Hall–Kier alpha value is -2.42. The normalized spacial score (nSPS) is 12.6. The van der Waals surface area contributed by atoms with Crippen LogP contribution in [0.1, 0.15) is 51.2 Å². The number of alkyl halides is 2. The topological polar surface area (TPSA) is 26.0 Å². The highest BCUT2D eigenvalue weighted by Crippen LogP contribution is 2.15. The molecule has 1 rings (SSSR count). The zero-order valence-electron chi connectivity index (χ0n) is 17.0. The van der Waals surface area contributed by atoms with Gasteiger partial charge in [-0.25, -0.2) is 8.78 Å². The van der Waals surface area contributed by atoms with Crippen molar-refractivity contribution < 1.29 is 8.78 Å². The molecule has 1 aromatic rings. The van der Waals surface area contributed by atoms with Crippen LogP contribution in [0.15, 0.2) is 72.4 Å². The Labute approximate surface area is 163 Å². The molecule has 0 amide bonds. The summed E-state index contributed by atoms with van der Waals surface area (Å²) in [6.07, 6.45) is 12.5. The van der Waals surface area contributed by atoms with Crippen LogP contribution >= 0.6 is 0 Å². The molecule has 0 saturated heterocycles. The van der Waals surface area contributed by atoms with Gasteiger partial charge in [-0.15, -0.1) is 0 Å². The van der Waals surface area contributed by atoms with Gasteiger partial charge in [0, 0.05) is 12.1 Å². The lowest BCUT2D eigenvalue weighted by molar-refractivity contribution is 0.152. The van der Waals surface area contributed by atoms with Gasteiger partial charge in [0.1, 0.15) is 0 Å². The average molecular weight is 374 g/mol. The van der Waals surface area contributed by atoms with Gasteiger partial charge in [0.15, 0.2) is 0 Å². The molecule has 0 bridgehead atoms. The first-order chi connectivity index (χ1) is 12.8. The highest BCUT2D eigenvalue weighted by Gasteiger charge is 1.96. The van der Waals surface area contributed by atoms with Crippen LogP contribution in [0.3, 0.4) is 0 Å². The molecule has 148 valence electrons. The van der Waals surface area contributed by atoms with E-state index in [4.69, 9.17) is 5.73 Å². The number of anilines is 1.